The number of aliphatic hydroxyl groups excluding tert-OH is 1. The van der Waals surface area contributed by atoms with E-state index in [9.17, 15) is 4.79 Å². The number of benzene rings is 1. The predicted molar refractivity (Wildman–Crippen MR) is 72.8 cm³/mol. The van der Waals surface area contributed by atoms with Gasteiger partial charge in [-0.2, -0.15) is 0 Å². The van der Waals surface area contributed by atoms with Gasteiger partial charge in [-0.15, -0.1) is 0 Å². The van der Waals surface area contributed by atoms with Crippen molar-refractivity contribution in [1.29, 1.82) is 0 Å². The summed E-state index contributed by atoms with van der Waals surface area (Å²) in [5.41, 5.74) is 1.70. The van der Waals surface area contributed by atoms with Crippen molar-refractivity contribution in [3.63, 3.8) is 0 Å². The second-order valence-corrected chi connectivity index (χ2v) is 4.48. The zero-order valence-corrected chi connectivity index (χ0v) is 11.0. The minimum Gasteiger partial charge on any atom is -0.459 e. The summed E-state index contributed by atoms with van der Waals surface area (Å²) in [7, 11) is 1.65. The molecule has 1 unspecified atom stereocenters. The lowest BCUT2D eigenvalue weighted by Crippen LogP contribution is -2.37. The zero-order chi connectivity index (χ0) is 13.8. The van der Waals surface area contributed by atoms with E-state index < -0.39 is 0 Å². The molecule has 19 heavy (non-hydrogen) atoms. The van der Waals surface area contributed by atoms with Gasteiger partial charge in [0, 0.05) is 12.6 Å². The maximum absolute atomic E-state index is 12.3. The molecule has 1 amide bonds. The number of nitrogens with zero attached hydrogens (tertiary/aromatic N) is 1. The minimum atomic E-state index is -0.249. The molecule has 4 heteroatoms. The molecule has 0 aliphatic heterocycles. The van der Waals surface area contributed by atoms with Crippen molar-refractivity contribution >= 4 is 5.91 Å². The molecule has 2 aromatic rings. The first-order valence-corrected chi connectivity index (χ1v) is 6.16. The Labute approximate surface area is 112 Å². The third-order valence-corrected chi connectivity index (χ3v) is 3.19. The third-order valence-electron chi connectivity index (χ3n) is 3.19. The lowest BCUT2D eigenvalue weighted by Gasteiger charge is -2.22. The summed E-state index contributed by atoms with van der Waals surface area (Å²) < 4.78 is 5.32. The van der Waals surface area contributed by atoms with Gasteiger partial charge in [-0.05, 0) is 18.6 Å². The highest BCUT2D eigenvalue weighted by Crippen LogP contribution is 2.25. The van der Waals surface area contributed by atoms with Crippen molar-refractivity contribution in [2.45, 2.75) is 13.0 Å². The number of hydrogen-bond donors (Lipinski definition) is 1. The van der Waals surface area contributed by atoms with Crippen molar-refractivity contribution < 1.29 is 14.3 Å². The Bertz CT molecular complexity index is 548. The third kappa shape index (κ3) is 2.69. The molecule has 0 fully saturated rings. The molecule has 2 rings (SSSR count). The smallest absolute Gasteiger partial charge is 0.290 e. The number of carbonyl (C=O) groups excluding carboxylic acids is 1. The molecular formula is C15H17NO3. The maximum Gasteiger partial charge on any atom is 0.290 e. The van der Waals surface area contributed by atoms with Gasteiger partial charge in [0.1, 0.15) is 0 Å². The number of aliphatic hydroxyl groups is 1. The van der Waals surface area contributed by atoms with Gasteiger partial charge in [-0.25, -0.2) is 0 Å². The molecular weight excluding hydrogens is 242 g/mol. The van der Waals surface area contributed by atoms with Gasteiger partial charge in [0.05, 0.1) is 18.9 Å². The average molecular weight is 259 g/mol. The number of rotatable bonds is 4. The van der Waals surface area contributed by atoms with Gasteiger partial charge in [0.25, 0.3) is 5.91 Å². The number of likely N-dealkylation sites (N-methyl/N-ethyl adjacent to an activating group) is 1. The normalized spacial score (nSPS) is 12.2. The Kier molecular flexibility index (Phi) is 4.02. The first-order chi connectivity index (χ1) is 9.15. The van der Waals surface area contributed by atoms with Crippen molar-refractivity contribution in [2.75, 3.05) is 13.7 Å². The summed E-state index contributed by atoms with van der Waals surface area (Å²) in [5, 5.41) is 9.11. The average Bonchev–Trinajstić information content (AvgIpc) is 2.95. The zero-order valence-electron chi connectivity index (χ0n) is 11.0. The van der Waals surface area contributed by atoms with Gasteiger partial charge >= 0.3 is 0 Å². The molecule has 0 aliphatic rings. The van der Waals surface area contributed by atoms with Crippen molar-refractivity contribution in [3.05, 3.63) is 48.4 Å². The number of amides is 1. The lowest BCUT2D eigenvalue weighted by atomic mass is 10.1. The maximum atomic E-state index is 12.3. The largest absolute Gasteiger partial charge is 0.459 e. The van der Waals surface area contributed by atoms with E-state index in [0.717, 1.165) is 11.1 Å². The van der Waals surface area contributed by atoms with Crippen LogP contribution in [0.2, 0.25) is 0 Å². The topological polar surface area (TPSA) is 53.7 Å². The summed E-state index contributed by atoms with van der Waals surface area (Å²) in [6.45, 7) is 1.70. The first-order valence-electron chi connectivity index (χ1n) is 6.16. The van der Waals surface area contributed by atoms with Crippen LogP contribution in [0.3, 0.4) is 0 Å². The van der Waals surface area contributed by atoms with Crippen LogP contribution in [0.25, 0.3) is 11.1 Å². The SMILES string of the molecule is CC(CO)N(C)C(=O)c1occc1-c1ccccc1. The molecule has 100 valence electrons. The quantitative estimate of drug-likeness (QED) is 0.917. The van der Waals surface area contributed by atoms with Crippen LogP contribution in [0.1, 0.15) is 17.5 Å². The van der Waals surface area contributed by atoms with Gasteiger partial charge < -0.3 is 14.4 Å². The molecule has 4 nitrogen and oxygen atoms in total. The van der Waals surface area contributed by atoms with E-state index in [-0.39, 0.29) is 18.6 Å². The fourth-order valence-electron chi connectivity index (χ4n) is 1.80. The molecule has 1 heterocycles. The highest BCUT2D eigenvalue weighted by molar-refractivity contribution is 5.98. The van der Waals surface area contributed by atoms with E-state index in [2.05, 4.69) is 0 Å². The van der Waals surface area contributed by atoms with Crippen LogP contribution in [0, 0.1) is 0 Å². The van der Waals surface area contributed by atoms with Crippen LogP contribution < -0.4 is 0 Å². The number of hydrogen-bond acceptors (Lipinski definition) is 3. The van der Waals surface area contributed by atoms with Crippen molar-refractivity contribution in [1.82, 2.24) is 4.90 Å². The van der Waals surface area contributed by atoms with Gasteiger partial charge in [-0.3, -0.25) is 4.79 Å². The first kappa shape index (κ1) is 13.4. The van der Waals surface area contributed by atoms with E-state index in [4.69, 9.17) is 9.52 Å². The molecule has 0 saturated carbocycles. The fourth-order valence-corrected chi connectivity index (χ4v) is 1.80. The van der Waals surface area contributed by atoms with Crippen LogP contribution in [-0.2, 0) is 0 Å². The summed E-state index contributed by atoms with van der Waals surface area (Å²) in [6, 6.07) is 11.1. The summed E-state index contributed by atoms with van der Waals surface area (Å²) in [4.78, 5) is 13.8. The Balaban J connectivity index is 2.33. The second-order valence-electron chi connectivity index (χ2n) is 4.48. The molecule has 0 radical (unpaired) electrons. The number of furan rings is 1. The molecule has 1 N–H and O–H groups in total. The molecule has 0 aliphatic carbocycles. The molecule has 0 bridgehead atoms. The minimum absolute atomic E-state index is 0.0797. The van der Waals surface area contributed by atoms with Crippen LogP contribution in [-0.4, -0.2) is 35.6 Å². The molecule has 0 spiro atoms. The summed E-state index contributed by atoms with van der Waals surface area (Å²) in [5.74, 6) is 0.0689. The number of carbonyl (C=O) groups is 1. The predicted octanol–water partition coefficient (Wildman–Crippen LogP) is 2.40. The monoisotopic (exact) mass is 259 g/mol. The van der Waals surface area contributed by atoms with Crippen LogP contribution in [0.15, 0.2) is 47.1 Å². The lowest BCUT2D eigenvalue weighted by molar-refractivity contribution is 0.0652. The fraction of sp³-hybridized carbons (Fsp3) is 0.267. The Morgan fingerprint density at radius 3 is 2.63 bits per heavy atom. The van der Waals surface area contributed by atoms with Crippen molar-refractivity contribution in [2.24, 2.45) is 0 Å². The molecule has 1 atom stereocenters. The van der Waals surface area contributed by atoms with E-state index in [1.54, 1.807) is 20.0 Å². The van der Waals surface area contributed by atoms with Gasteiger partial charge in [-0.1, -0.05) is 30.3 Å². The second kappa shape index (κ2) is 5.71. The van der Waals surface area contributed by atoms with Gasteiger partial charge in [0.15, 0.2) is 5.76 Å². The highest BCUT2D eigenvalue weighted by Gasteiger charge is 2.23. The summed E-state index contributed by atoms with van der Waals surface area (Å²) in [6.07, 6.45) is 1.51. The van der Waals surface area contributed by atoms with E-state index in [0.29, 0.717) is 5.76 Å². The summed E-state index contributed by atoms with van der Waals surface area (Å²) >= 11 is 0. The Morgan fingerprint density at radius 2 is 2.00 bits per heavy atom. The van der Waals surface area contributed by atoms with E-state index >= 15 is 0 Å². The van der Waals surface area contributed by atoms with Crippen LogP contribution >= 0.6 is 0 Å². The molecule has 0 saturated heterocycles. The Morgan fingerprint density at radius 1 is 1.32 bits per heavy atom. The standard InChI is InChI=1S/C15H17NO3/c1-11(10-17)16(2)15(18)14-13(8-9-19-14)12-6-4-3-5-7-12/h3-9,11,17H,10H2,1-2H3. The Hall–Kier alpha value is -2.07. The van der Waals surface area contributed by atoms with Crippen LogP contribution in [0.4, 0.5) is 0 Å². The molecule has 1 aromatic heterocycles. The van der Waals surface area contributed by atoms with Crippen molar-refractivity contribution in [3.8, 4) is 11.1 Å². The van der Waals surface area contributed by atoms with Crippen LogP contribution in [0.5, 0.6) is 0 Å². The van der Waals surface area contributed by atoms with E-state index in [1.807, 2.05) is 30.3 Å². The molecule has 1 aromatic carbocycles. The van der Waals surface area contributed by atoms with E-state index in [1.165, 1.54) is 11.2 Å². The van der Waals surface area contributed by atoms with Gasteiger partial charge in [0.2, 0.25) is 0 Å². The highest BCUT2D eigenvalue weighted by atomic mass is 16.3.